The summed E-state index contributed by atoms with van der Waals surface area (Å²) in [6.07, 6.45) is 0. The molecular formula is C17H13NO4. The van der Waals surface area contributed by atoms with Gasteiger partial charge in [-0.1, -0.05) is 6.07 Å². The minimum absolute atomic E-state index is 0.104. The lowest BCUT2D eigenvalue weighted by atomic mass is 9.79. The van der Waals surface area contributed by atoms with Gasteiger partial charge in [0.2, 0.25) is 5.78 Å². The molecule has 5 nitrogen and oxygen atoms in total. The van der Waals surface area contributed by atoms with Crippen LogP contribution in [0.4, 0.5) is 5.69 Å². The first kappa shape index (κ1) is 14.1. The van der Waals surface area contributed by atoms with Crippen molar-refractivity contribution in [2.75, 3.05) is 0 Å². The molecule has 3 rings (SSSR count). The van der Waals surface area contributed by atoms with Crippen LogP contribution < -0.4 is 0 Å². The van der Waals surface area contributed by atoms with E-state index in [-0.39, 0.29) is 28.2 Å². The highest BCUT2D eigenvalue weighted by molar-refractivity contribution is 6.30. The molecule has 5 heteroatoms. The second kappa shape index (κ2) is 4.59. The van der Waals surface area contributed by atoms with Crippen LogP contribution in [0.1, 0.15) is 48.5 Å². The van der Waals surface area contributed by atoms with Crippen LogP contribution in [0.15, 0.2) is 24.3 Å². The Kier molecular flexibility index (Phi) is 2.95. The summed E-state index contributed by atoms with van der Waals surface area (Å²) in [6.45, 7) is 5.55. The third-order valence-corrected chi connectivity index (χ3v) is 4.34. The van der Waals surface area contributed by atoms with Crippen LogP contribution in [0, 0.1) is 30.9 Å². The third-order valence-electron chi connectivity index (χ3n) is 4.34. The van der Waals surface area contributed by atoms with Crippen LogP contribution in [0.5, 0.6) is 0 Å². The van der Waals surface area contributed by atoms with E-state index in [0.717, 1.165) is 16.7 Å². The van der Waals surface area contributed by atoms with E-state index in [2.05, 4.69) is 0 Å². The van der Waals surface area contributed by atoms with Crippen molar-refractivity contribution in [2.45, 2.75) is 20.8 Å². The maximum absolute atomic E-state index is 12.7. The maximum atomic E-state index is 12.7. The Labute approximate surface area is 126 Å². The first-order chi connectivity index (χ1) is 10.3. The largest absolute Gasteiger partial charge is 0.289 e. The molecule has 2 aromatic carbocycles. The van der Waals surface area contributed by atoms with Crippen molar-refractivity contribution >= 4 is 17.3 Å². The average Bonchev–Trinajstić information content (AvgIpc) is 2.49. The van der Waals surface area contributed by atoms with Gasteiger partial charge in [-0.25, -0.2) is 0 Å². The van der Waals surface area contributed by atoms with Crippen molar-refractivity contribution in [3.05, 3.63) is 73.3 Å². The van der Waals surface area contributed by atoms with Crippen molar-refractivity contribution in [2.24, 2.45) is 0 Å². The van der Waals surface area contributed by atoms with Crippen LogP contribution in [0.25, 0.3) is 0 Å². The van der Waals surface area contributed by atoms with Gasteiger partial charge < -0.3 is 0 Å². The van der Waals surface area contributed by atoms with Gasteiger partial charge >= 0.3 is 0 Å². The topological polar surface area (TPSA) is 77.3 Å². The summed E-state index contributed by atoms with van der Waals surface area (Å²) >= 11 is 0. The molecule has 0 bridgehead atoms. The maximum Gasteiger partial charge on any atom is 0.281 e. The number of hydrogen-bond donors (Lipinski definition) is 0. The summed E-state index contributed by atoms with van der Waals surface area (Å²) in [5.74, 6) is -0.781. The molecule has 2 aromatic rings. The minimum atomic E-state index is -0.622. The molecule has 0 amide bonds. The number of aryl methyl sites for hydroxylation is 1. The number of carbonyl (C=O) groups is 2. The van der Waals surface area contributed by atoms with Gasteiger partial charge in [0, 0.05) is 22.8 Å². The van der Waals surface area contributed by atoms with Gasteiger partial charge in [-0.15, -0.1) is 0 Å². The average molecular weight is 295 g/mol. The Morgan fingerprint density at radius 1 is 0.909 bits per heavy atom. The van der Waals surface area contributed by atoms with Gasteiger partial charge in [-0.2, -0.15) is 0 Å². The number of benzene rings is 2. The zero-order valence-corrected chi connectivity index (χ0v) is 12.4. The van der Waals surface area contributed by atoms with E-state index in [4.69, 9.17) is 0 Å². The number of carbonyl (C=O) groups excluding carboxylic acids is 2. The van der Waals surface area contributed by atoms with Crippen molar-refractivity contribution in [1.29, 1.82) is 0 Å². The highest BCUT2D eigenvalue weighted by atomic mass is 16.6. The van der Waals surface area contributed by atoms with Gasteiger partial charge in [-0.3, -0.25) is 19.7 Å². The SMILES string of the molecule is Cc1cc2c(c(C)c1C)C(=O)c1cccc([N+](=O)[O-])c1C2=O. The Morgan fingerprint density at radius 3 is 2.18 bits per heavy atom. The summed E-state index contributed by atoms with van der Waals surface area (Å²) in [4.78, 5) is 36.0. The van der Waals surface area contributed by atoms with Gasteiger partial charge in [0.1, 0.15) is 5.56 Å². The van der Waals surface area contributed by atoms with Gasteiger partial charge in [0.25, 0.3) is 5.69 Å². The molecule has 110 valence electrons. The highest BCUT2D eigenvalue weighted by Gasteiger charge is 2.36. The molecular weight excluding hydrogens is 282 g/mol. The van der Waals surface area contributed by atoms with Crippen LogP contribution in [-0.2, 0) is 0 Å². The van der Waals surface area contributed by atoms with Crippen molar-refractivity contribution in [3.8, 4) is 0 Å². The second-order valence-electron chi connectivity index (χ2n) is 5.48. The molecule has 0 radical (unpaired) electrons. The molecule has 0 spiro atoms. The lowest BCUT2D eigenvalue weighted by molar-refractivity contribution is -0.385. The lowest BCUT2D eigenvalue weighted by Crippen LogP contribution is -2.24. The lowest BCUT2D eigenvalue weighted by Gasteiger charge is -2.21. The fraction of sp³-hybridized carbons (Fsp3) is 0.176. The van der Waals surface area contributed by atoms with Crippen LogP contribution in [-0.4, -0.2) is 16.5 Å². The fourth-order valence-corrected chi connectivity index (χ4v) is 2.94. The van der Waals surface area contributed by atoms with Crippen molar-refractivity contribution < 1.29 is 14.5 Å². The van der Waals surface area contributed by atoms with Gasteiger partial charge in [0.15, 0.2) is 5.78 Å². The van der Waals surface area contributed by atoms with Crippen molar-refractivity contribution in [3.63, 3.8) is 0 Å². The standard InChI is InChI=1S/C17H13NO4/c1-8-7-12-14(10(3)9(8)2)16(19)11-5-4-6-13(18(21)22)15(11)17(12)20/h4-7H,1-3H3. The number of nitrogens with zero attached hydrogens (tertiary/aromatic N) is 1. The van der Waals surface area contributed by atoms with Crippen LogP contribution >= 0.6 is 0 Å². The summed E-state index contributed by atoms with van der Waals surface area (Å²) in [5, 5.41) is 11.2. The molecule has 0 aromatic heterocycles. The number of ketones is 2. The Hall–Kier alpha value is -2.82. The smallest absolute Gasteiger partial charge is 0.281 e. The number of nitro groups is 1. The quantitative estimate of drug-likeness (QED) is 0.510. The normalized spacial score (nSPS) is 12.9. The molecule has 0 aliphatic heterocycles. The van der Waals surface area contributed by atoms with Crippen LogP contribution in [0.2, 0.25) is 0 Å². The molecule has 22 heavy (non-hydrogen) atoms. The van der Waals surface area contributed by atoms with E-state index in [1.54, 1.807) is 13.0 Å². The van der Waals surface area contributed by atoms with Crippen molar-refractivity contribution in [1.82, 2.24) is 0 Å². The molecule has 0 saturated heterocycles. The number of nitro benzene ring substituents is 1. The van der Waals surface area contributed by atoms with E-state index in [0.29, 0.717) is 5.56 Å². The number of hydrogen-bond acceptors (Lipinski definition) is 4. The van der Waals surface area contributed by atoms with Gasteiger partial charge in [-0.05, 0) is 49.6 Å². The summed E-state index contributed by atoms with van der Waals surface area (Å²) < 4.78 is 0. The number of fused-ring (bicyclic) bond motifs is 2. The Balaban J connectivity index is 2.40. The Bertz CT molecular complexity index is 881. The third kappa shape index (κ3) is 1.72. The fourth-order valence-electron chi connectivity index (χ4n) is 2.94. The first-order valence-electron chi connectivity index (χ1n) is 6.82. The number of rotatable bonds is 1. The molecule has 0 saturated carbocycles. The predicted molar refractivity (Wildman–Crippen MR) is 80.6 cm³/mol. The summed E-state index contributed by atoms with van der Waals surface area (Å²) in [6, 6.07) is 5.81. The Morgan fingerprint density at radius 2 is 1.55 bits per heavy atom. The van der Waals surface area contributed by atoms with E-state index in [9.17, 15) is 19.7 Å². The summed E-state index contributed by atoms with van der Waals surface area (Å²) in [7, 11) is 0. The zero-order valence-electron chi connectivity index (χ0n) is 12.4. The van der Waals surface area contributed by atoms with Crippen LogP contribution in [0.3, 0.4) is 0 Å². The first-order valence-corrected chi connectivity index (χ1v) is 6.82. The van der Waals surface area contributed by atoms with E-state index in [1.807, 2.05) is 13.8 Å². The van der Waals surface area contributed by atoms with E-state index >= 15 is 0 Å². The van der Waals surface area contributed by atoms with E-state index < -0.39 is 10.7 Å². The predicted octanol–water partition coefficient (Wildman–Crippen LogP) is 3.30. The molecule has 1 aliphatic rings. The minimum Gasteiger partial charge on any atom is -0.289 e. The second-order valence-corrected chi connectivity index (χ2v) is 5.48. The molecule has 0 N–H and O–H groups in total. The zero-order chi connectivity index (χ0) is 16.2. The van der Waals surface area contributed by atoms with E-state index in [1.165, 1.54) is 18.2 Å². The molecule has 0 heterocycles. The highest BCUT2D eigenvalue weighted by Crippen LogP contribution is 2.35. The molecule has 0 atom stereocenters. The molecule has 1 aliphatic carbocycles. The monoisotopic (exact) mass is 295 g/mol. The molecule has 0 fully saturated rings. The van der Waals surface area contributed by atoms with Gasteiger partial charge in [0.05, 0.1) is 4.92 Å². The molecule has 0 unspecified atom stereocenters. The summed E-state index contributed by atoms with van der Waals surface area (Å²) in [5.41, 5.74) is 2.90.